The summed E-state index contributed by atoms with van der Waals surface area (Å²) in [6.07, 6.45) is 2.20. The van der Waals surface area contributed by atoms with Crippen LogP contribution >= 0.6 is 11.8 Å². The van der Waals surface area contributed by atoms with Gasteiger partial charge in [0.2, 0.25) is 0 Å². The van der Waals surface area contributed by atoms with Gasteiger partial charge in [0.25, 0.3) is 0 Å². The molecule has 1 aromatic rings. The number of likely N-dealkylation sites (tertiary alicyclic amines) is 1. The van der Waals surface area contributed by atoms with Gasteiger partial charge in [-0.15, -0.1) is 10.2 Å². The molecule has 1 aromatic heterocycles. The first-order valence-corrected chi connectivity index (χ1v) is 13.2. The van der Waals surface area contributed by atoms with Gasteiger partial charge in [-0.25, -0.2) is 4.39 Å². The summed E-state index contributed by atoms with van der Waals surface area (Å²) in [6, 6.07) is 0. The smallest absolute Gasteiger partial charge is 0.381 e. The van der Waals surface area contributed by atoms with Gasteiger partial charge in [0, 0.05) is 44.4 Å². The zero-order chi connectivity index (χ0) is 23.9. The number of aromatic nitrogens is 3. The van der Waals surface area contributed by atoms with Gasteiger partial charge in [-0.05, 0) is 62.6 Å². The van der Waals surface area contributed by atoms with Gasteiger partial charge in [0.15, 0.2) is 5.16 Å². The van der Waals surface area contributed by atoms with Gasteiger partial charge in [0.05, 0.1) is 5.57 Å². The lowest BCUT2D eigenvalue weighted by Gasteiger charge is -2.23. The SMILES string of the molecule is Cn1c(SCCCN2CC[C@@]3(C[C@@H]3[C@H]3C=CC(C(F)(F)F)=CC3F)C2)nnc1C1CCOCC1. The summed E-state index contributed by atoms with van der Waals surface area (Å²) < 4.78 is 60.7. The molecule has 1 unspecified atom stereocenters. The average Bonchev–Trinajstić information content (AvgIpc) is 3.14. The van der Waals surface area contributed by atoms with Crippen LogP contribution in [0.5, 0.6) is 0 Å². The van der Waals surface area contributed by atoms with Crippen molar-refractivity contribution >= 4 is 11.8 Å². The van der Waals surface area contributed by atoms with Crippen LogP contribution in [0.15, 0.2) is 29.0 Å². The Bertz CT molecular complexity index is 942. The fraction of sp³-hybridized carbons (Fsp3) is 0.750. The van der Waals surface area contributed by atoms with E-state index in [-0.39, 0.29) is 11.3 Å². The van der Waals surface area contributed by atoms with Crippen molar-refractivity contribution in [3.8, 4) is 0 Å². The topological polar surface area (TPSA) is 43.2 Å². The molecule has 1 saturated carbocycles. The summed E-state index contributed by atoms with van der Waals surface area (Å²) in [5.41, 5.74) is -0.780. The predicted octanol–water partition coefficient (Wildman–Crippen LogP) is 4.92. The Morgan fingerprint density at radius 2 is 2.03 bits per heavy atom. The van der Waals surface area contributed by atoms with E-state index in [1.165, 1.54) is 6.08 Å². The molecule has 5 rings (SSSR count). The number of ether oxygens (including phenoxy) is 1. The van der Waals surface area contributed by atoms with E-state index in [0.29, 0.717) is 5.92 Å². The Morgan fingerprint density at radius 1 is 1.24 bits per heavy atom. The summed E-state index contributed by atoms with van der Waals surface area (Å²) in [5.74, 6) is 2.14. The molecule has 2 aliphatic heterocycles. The van der Waals surface area contributed by atoms with Crippen LogP contribution in [0.3, 0.4) is 0 Å². The largest absolute Gasteiger partial charge is 0.416 e. The zero-order valence-corrected chi connectivity index (χ0v) is 20.3. The molecule has 4 atom stereocenters. The lowest BCUT2D eigenvalue weighted by atomic mass is 9.86. The molecule has 34 heavy (non-hydrogen) atoms. The van der Waals surface area contributed by atoms with Crippen molar-refractivity contribution in [2.75, 3.05) is 38.6 Å². The number of hydrogen-bond acceptors (Lipinski definition) is 5. The van der Waals surface area contributed by atoms with Gasteiger partial charge in [0.1, 0.15) is 12.0 Å². The fourth-order valence-electron chi connectivity index (χ4n) is 5.99. The second kappa shape index (κ2) is 9.58. The van der Waals surface area contributed by atoms with Crippen LogP contribution in [0.2, 0.25) is 0 Å². The molecule has 2 aliphatic carbocycles. The number of alkyl halides is 4. The number of allylic oxidation sites excluding steroid dienone is 4. The Labute approximate surface area is 202 Å². The van der Waals surface area contributed by atoms with Crippen molar-refractivity contribution in [3.63, 3.8) is 0 Å². The summed E-state index contributed by atoms with van der Waals surface area (Å²) in [6.45, 7) is 4.45. The summed E-state index contributed by atoms with van der Waals surface area (Å²) in [7, 11) is 2.04. The molecule has 0 radical (unpaired) electrons. The number of nitrogens with zero attached hydrogens (tertiary/aromatic N) is 4. The summed E-state index contributed by atoms with van der Waals surface area (Å²) in [4.78, 5) is 2.43. The van der Waals surface area contributed by atoms with E-state index < -0.39 is 23.8 Å². The molecule has 4 aliphatic rings. The highest BCUT2D eigenvalue weighted by molar-refractivity contribution is 7.99. The molecule has 5 nitrogen and oxygen atoms in total. The summed E-state index contributed by atoms with van der Waals surface area (Å²) >= 11 is 1.73. The normalized spacial score (nSPS) is 32.5. The Kier molecular flexibility index (Phi) is 6.85. The van der Waals surface area contributed by atoms with E-state index in [1.807, 2.05) is 7.05 Å². The molecule has 0 bridgehead atoms. The van der Waals surface area contributed by atoms with Gasteiger partial charge >= 0.3 is 6.18 Å². The maximum absolute atomic E-state index is 14.6. The van der Waals surface area contributed by atoms with Gasteiger partial charge in [-0.1, -0.05) is 23.9 Å². The second-order valence-electron chi connectivity index (χ2n) is 10.2. The molecule has 1 spiro atoms. The molecule has 188 valence electrons. The molecule has 0 aromatic carbocycles. The van der Waals surface area contributed by atoms with E-state index in [4.69, 9.17) is 4.74 Å². The Hall–Kier alpha value is -1.39. The minimum atomic E-state index is -4.48. The maximum atomic E-state index is 14.6. The molecule has 0 N–H and O–H groups in total. The van der Waals surface area contributed by atoms with Crippen molar-refractivity contribution in [3.05, 3.63) is 29.6 Å². The van der Waals surface area contributed by atoms with E-state index in [9.17, 15) is 17.6 Å². The first-order valence-electron chi connectivity index (χ1n) is 12.2. The van der Waals surface area contributed by atoms with Crippen LogP contribution in [0.1, 0.15) is 43.8 Å². The highest BCUT2D eigenvalue weighted by Gasteiger charge is 2.60. The van der Waals surface area contributed by atoms with Gasteiger partial charge in [-0.2, -0.15) is 13.2 Å². The highest BCUT2D eigenvalue weighted by atomic mass is 32.2. The quantitative estimate of drug-likeness (QED) is 0.302. The van der Waals surface area contributed by atoms with Crippen LogP contribution in [0, 0.1) is 17.3 Å². The van der Waals surface area contributed by atoms with Crippen LogP contribution in [-0.2, 0) is 11.8 Å². The van der Waals surface area contributed by atoms with Crippen LogP contribution < -0.4 is 0 Å². The highest BCUT2D eigenvalue weighted by Crippen LogP contribution is 2.63. The minimum absolute atomic E-state index is 0.0816. The van der Waals surface area contributed by atoms with E-state index in [2.05, 4.69) is 19.7 Å². The van der Waals surface area contributed by atoms with E-state index in [1.54, 1.807) is 11.8 Å². The minimum Gasteiger partial charge on any atom is -0.381 e. The van der Waals surface area contributed by atoms with E-state index in [0.717, 1.165) is 93.8 Å². The predicted molar refractivity (Wildman–Crippen MR) is 122 cm³/mol. The van der Waals surface area contributed by atoms with Crippen molar-refractivity contribution in [1.82, 2.24) is 19.7 Å². The number of halogens is 4. The van der Waals surface area contributed by atoms with E-state index >= 15 is 0 Å². The molecule has 3 heterocycles. The number of thioether (sulfide) groups is 1. The van der Waals surface area contributed by atoms with Crippen molar-refractivity contribution in [2.24, 2.45) is 24.3 Å². The Morgan fingerprint density at radius 3 is 2.76 bits per heavy atom. The summed E-state index contributed by atoms with van der Waals surface area (Å²) in [5, 5.41) is 9.76. The third-order valence-electron chi connectivity index (χ3n) is 8.02. The van der Waals surface area contributed by atoms with Crippen LogP contribution in [0.25, 0.3) is 0 Å². The average molecular weight is 501 g/mol. The van der Waals surface area contributed by atoms with Crippen molar-refractivity contribution in [2.45, 2.75) is 55.5 Å². The van der Waals surface area contributed by atoms with Gasteiger partial charge < -0.3 is 14.2 Å². The van der Waals surface area contributed by atoms with Crippen molar-refractivity contribution in [1.29, 1.82) is 0 Å². The molecule has 0 amide bonds. The third-order valence-corrected chi connectivity index (χ3v) is 9.13. The number of hydrogen-bond donors (Lipinski definition) is 0. The second-order valence-corrected chi connectivity index (χ2v) is 11.3. The molecular weight excluding hydrogens is 468 g/mol. The van der Waals surface area contributed by atoms with Crippen LogP contribution in [0.4, 0.5) is 17.6 Å². The molecular formula is C24H32F4N4OS. The van der Waals surface area contributed by atoms with Crippen LogP contribution in [-0.4, -0.2) is 70.6 Å². The Balaban J connectivity index is 1.06. The molecule has 3 fully saturated rings. The number of rotatable bonds is 7. The lowest BCUT2D eigenvalue weighted by molar-refractivity contribution is -0.0893. The molecule has 10 heteroatoms. The monoisotopic (exact) mass is 500 g/mol. The zero-order valence-electron chi connectivity index (χ0n) is 19.4. The lowest BCUT2D eigenvalue weighted by Crippen LogP contribution is -2.26. The first kappa shape index (κ1) is 24.3. The maximum Gasteiger partial charge on any atom is 0.416 e. The third kappa shape index (κ3) is 4.95. The fourth-order valence-corrected chi connectivity index (χ4v) is 6.83. The standard InChI is InChI=1S/C24H32F4N4OS/c1-31-21(16-5-10-33-11-6-16)29-30-22(31)34-12-2-8-32-9-7-23(15-32)14-19(23)18-4-3-17(13-20(18)25)24(26,27)28/h3-4,13,16,18-20H,2,5-12,14-15H2,1H3/t18-,19-,20?,23-/m1/s1. The molecule has 2 saturated heterocycles. The van der Waals surface area contributed by atoms with Gasteiger partial charge in [-0.3, -0.25) is 0 Å². The van der Waals surface area contributed by atoms with Crippen molar-refractivity contribution < 1.29 is 22.3 Å². The first-order chi connectivity index (χ1) is 16.3.